The standard InChI is InChI=1S/C28H31N5O3S/c1-16-15-37-25(30-16)8-9-29-28(36)22-12-19-11-20(31-17(2)34)6-7-23(19)33-14-18-10-21(27(22)33)24-4-3-5-26(35)32(24)13-18/h3-7,11,15,18,21-22,27H,8-10,12-14H2,1-2H3,(H,29,36)(H,31,34)/t18-,21+,22+,27+/m0/s1. The van der Waals surface area contributed by atoms with E-state index in [4.69, 9.17) is 0 Å². The van der Waals surface area contributed by atoms with Crippen molar-refractivity contribution in [3.8, 4) is 0 Å². The van der Waals surface area contributed by atoms with Crippen LogP contribution >= 0.6 is 11.3 Å². The molecular formula is C28H31N5O3S. The van der Waals surface area contributed by atoms with E-state index in [2.05, 4.69) is 32.7 Å². The van der Waals surface area contributed by atoms with Gasteiger partial charge in [-0.25, -0.2) is 4.98 Å². The van der Waals surface area contributed by atoms with Gasteiger partial charge in [-0.05, 0) is 55.5 Å². The number of carbonyl (C=O) groups excluding carboxylic acids is 2. The van der Waals surface area contributed by atoms with Gasteiger partial charge in [0.25, 0.3) is 5.56 Å². The lowest BCUT2D eigenvalue weighted by atomic mass is 9.69. The third-order valence-corrected chi connectivity index (χ3v) is 8.95. The Bertz CT molecular complexity index is 1430. The summed E-state index contributed by atoms with van der Waals surface area (Å²) in [4.78, 5) is 45.1. The van der Waals surface area contributed by atoms with Gasteiger partial charge in [-0.2, -0.15) is 0 Å². The molecule has 0 radical (unpaired) electrons. The number of anilines is 2. The first-order valence-electron chi connectivity index (χ1n) is 12.9. The Morgan fingerprint density at radius 2 is 2.05 bits per heavy atom. The third-order valence-electron chi connectivity index (χ3n) is 7.92. The largest absolute Gasteiger partial charge is 0.366 e. The number of nitrogens with one attached hydrogen (secondary N) is 2. The lowest BCUT2D eigenvalue weighted by Crippen LogP contribution is -2.60. The second-order valence-electron chi connectivity index (χ2n) is 10.5. The number of amides is 2. The van der Waals surface area contributed by atoms with Gasteiger partial charge in [0.05, 0.1) is 10.9 Å². The molecule has 9 heteroatoms. The number of benzene rings is 1. The first-order chi connectivity index (χ1) is 17.9. The Morgan fingerprint density at radius 1 is 1.19 bits per heavy atom. The molecule has 3 aliphatic rings. The number of fused-ring (bicyclic) bond motifs is 8. The van der Waals surface area contributed by atoms with Crippen molar-refractivity contribution in [2.24, 2.45) is 11.8 Å². The Labute approximate surface area is 219 Å². The zero-order valence-electron chi connectivity index (χ0n) is 21.1. The van der Waals surface area contributed by atoms with Crippen molar-refractivity contribution >= 4 is 34.5 Å². The van der Waals surface area contributed by atoms with Crippen molar-refractivity contribution in [1.29, 1.82) is 0 Å². The van der Waals surface area contributed by atoms with E-state index in [1.54, 1.807) is 17.4 Å². The molecule has 8 nitrogen and oxygen atoms in total. The van der Waals surface area contributed by atoms with E-state index in [1.165, 1.54) is 6.92 Å². The highest BCUT2D eigenvalue weighted by atomic mass is 32.1. The van der Waals surface area contributed by atoms with Crippen molar-refractivity contribution in [3.05, 3.63) is 74.1 Å². The molecule has 0 unspecified atom stereocenters. The van der Waals surface area contributed by atoms with Gasteiger partial charge in [-0.1, -0.05) is 6.07 Å². The number of carbonyl (C=O) groups is 2. The maximum atomic E-state index is 13.8. The number of pyridine rings is 1. The molecule has 3 aliphatic heterocycles. The summed E-state index contributed by atoms with van der Waals surface area (Å²) in [5, 5.41) is 9.13. The smallest absolute Gasteiger partial charge is 0.250 e. The first-order valence-corrected chi connectivity index (χ1v) is 13.8. The highest BCUT2D eigenvalue weighted by Crippen LogP contribution is 2.48. The molecule has 2 aromatic heterocycles. The Morgan fingerprint density at radius 3 is 2.84 bits per heavy atom. The van der Waals surface area contributed by atoms with E-state index in [0.29, 0.717) is 31.8 Å². The minimum Gasteiger partial charge on any atom is -0.366 e. The average Bonchev–Trinajstić information content (AvgIpc) is 3.28. The second kappa shape index (κ2) is 9.45. The fourth-order valence-corrected chi connectivity index (χ4v) is 7.32. The molecule has 1 fully saturated rings. The van der Waals surface area contributed by atoms with Crippen LogP contribution in [0.2, 0.25) is 0 Å². The Hall–Kier alpha value is -3.46. The maximum absolute atomic E-state index is 13.8. The summed E-state index contributed by atoms with van der Waals surface area (Å²) in [5.41, 5.74) is 5.02. The molecule has 0 saturated carbocycles. The molecule has 2 N–H and O–H groups in total. The number of aryl methyl sites for hydroxylation is 1. The molecule has 6 rings (SSSR count). The first kappa shape index (κ1) is 23.9. The monoisotopic (exact) mass is 517 g/mol. The average molecular weight is 518 g/mol. The summed E-state index contributed by atoms with van der Waals surface area (Å²) >= 11 is 1.62. The van der Waals surface area contributed by atoms with Crippen LogP contribution in [0.1, 0.15) is 41.2 Å². The molecule has 0 aliphatic carbocycles. The van der Waals surface area contributed by atoms with Gasteiger partial charge >= 0.3 is 0 Å². The fourth-order valence-electron chi connectivity index (χ4n) is 6.55. The van der Waals surface area contributed by atoms with Crippen LogP contribution in [0.15, 0.2) is 46.6 Å². The lowest BCUT2D eigenvalue weighted by Gasteiger charge is -2.54. The third kappa shape index (κ3) is 4.45. The van der Waals surface area contributed by atoms with Crippen molar-refractivity contribution < 1.29 is 9.59 Å². The Kier molecular flexibility index (Phi) is 6.10. The minimum atomic E-state index is -0.272. The molecule has 5 heterocycles. The van der Waals surface area contributed by atoms with E-state index in [0.717, 1.165) is 46.3 Å². The molecular weight excluding hydrogens is 486 g/mol. The van der Waals surface area contributed by atoms with Gasteiger partial charge in [-0.3, -0.25) is 14.4 Å². The molecule has 4 atom stereocenters. The van der Waals surface area contributed by atoms with Crippen LogP contribution in [-0.4, -0.2) is 40.5 Å². The van der Waals surface area contributed by atoms with Crippen molar-refractivity contribution in [2.45, 2.75) is 51.6 Å². The van der Waals surface area contributed by atoms with Gasteiger partial charge in [-0.15, -0.1) is 11.3 Å². The van der Waals surface area contributed by atoms with E-state index in [1.807, 2.05) is 35.1 Å². The van der Waals surface area contributed by atoms with Crippen molar-refractivity contribution in [1.82, 2.24) is 14.9 Å². The molecule has 0 spiro atoms. The number of piperidine rings is 1. The van der Waals surface area contributed by atoms with Gasteiger partial charge in [0.2, 0.25) is 11.8 Å². The van der Waals surface area contributed by atoms with Crippen LogP contribution in [0.25, 0.3) is 0 Å². The van der Waals surface area contributed by atoms with Crippen molar-refractivity contribution in [2.75, 3.05) is 23.3 Å². The summed E-state index contributed by atoms with van der Waals surface area (Å²) in [6, 6.07) is 11.5. The van der Waals surface area contributed by atoms with E-state index >= 15 is 0 Å². The zero-order chi connectivity index (χ0) is 25.7. The topological polar surface area (TPSA) is 96.3 Å². The molecule has 37 heavy (non-hydrogen) atoms. The van der Waals surface area contributed by atoms with Crippen LogP contribution in [0.5, 0.6) is 0 Å². The molecule has 192 valence electrons. The number of aromatic nitrogens is 2. The van der Waals surface area contributed by atoms with Gasteiger partial charge < -0.3 is 20.1 Å². The van der Waals surface area contributed by atoms with Crippen LogP contribution in [0, 0.1) is 18.8 Å². The fraction of sp³-hybridized carbons (Fsp3) is 0.429. The predicted molar refractivity (Wildman–Crippen MR) is 144 cm³/mol. The summed E-state index contributed by atoms with van der Waals surface area (Å²) < 4.78 is 1.92. The summed E-state index contributed by atoms with van der Waals surface area (Å²) in [6.45, 7) is 5.53. The van der Waals surface area contributed by atoms with Gasteiger partial charge in [0.1, 0.15) is 0 Å². The van der Waals surface area contributed by atoms with Crippen molar-refractivity contribution in [3.63, 3.8) is 0 Å². The number of hydrogen-bond donors (Lipinski definition) is 2. The Balaban J connectivity index is 1.34. The quantitative estimate of drug-likeness (QED) is 0.542. The molecule has 1 saturated heterocycles. The molecule has 2 bridgehead atoms. The highest BCUT2D eigenvalue weighted by molar-refractivity contribution is 7.09. The molecule has 2 amide bonds. The number of rotatable bonds is 5. The number of thiazole rings is 1. The number of nitrogens with zero attached hydrogens (tertiary/aromatic N) is 3. The lowest BCUT2D eigenvalue weighted by molar-refractivity contribution is -0.126. The zero-order valence-corrected chi connectivity index (χ0v) is 21.9. The summed E-state index contributed by atoms with van der Waals surface area (Å²) in [6.07, 6.45) is 2.27. The van der Waals surface area contributed by atoms with E-state index < -0.39 is 0 Å². The predicted octanol–water partition coefficient (Wildman–Crippen LogP) is 3.10. The minimum absolute atomic E-state index is 0.0349. The molecule has 3 aromatic rings. The van der Waals surface area contributed by atoms with Gasteiger partial charge in [0, 0.05) is 79.1 Å². The SMILES string of the molecule is CC(=O)Nc1ccc2c(c1)C[C@@H](C(=O)NCCc1nc(C)cs1)[C@H]1[C@@H]3C[C@H](CN21)Cn1c3cccc1=O. The van der Waals surface area contributed by atoms with E-state index in [-0.39, 0.29) is 35.3 Å². The van der Waals surface area contributed by atoms with Crippen LogP contribution in [0.4, 0.5) is 11.4 Å². The van der Waals surface area contributed by atoms with Gasteiger partial charge in [0.15, 0.2) is 0 Å². The maximum Gasteiger partial charge on any atom is 0.250 e. The summed E-state index contributed by atoms with van der Waals surface area (Å²) in [7, 11) is 0. The van der Waals surface area contributed by atoms with Crippen LogP contribution < -0.4 is 21.1 Å². The normalized spacial score (nSPS) is 23.5. The highest BCUT2D eigenvalue weighted by Gasteiger charge is 2.49. The molecule has 1 aromatic carbocycles. The number of hydrogen-bond acceptors (Lipinski definition) is 6. The second-order valence-corrected chi connectivity index (χ2v) is 11.5. The van der Waals surface area contributed by atoms with E-state index in [9.17, 15) is 14.4 Å². The van der Waals surface area contributed by atoms with Crippen LogP contribution in [0.3, 0.4) is 0 Å². The van der Waals surface area contributed by atoms with Crippen LogP contribution in [-0.2, 0) is 29.0 Å². The summed E-state index contributed by atoms with van der Waals surface area (Å²) in [5.74, 6) is 0.0853.